The van der Waals surface area contributed by atoms with Crippen molar-refractivity contribution in [2.24, 2.45) is 10.4 Å². The van der Waals surface area contributed by atoms with Crippen LogP contribution < -0.4 is 5.32 Å². The zero-order valence-corrected chi connectivity index (χ0v) is 30.1. The lowest BCUT2D eigenvalue weighted by molar-refractivity contribution is -0.143. The molecule has 1 unspecified atom stereocenters. The summed E-state index contributed by atoms with van der Waals surface area (Å²) in [5, 5.41) is 13.5. The van der Waals surface area contributed by atoms with Gasteiger partial charge in [0.15, 0.2) is 0 Å². The molecule has 1 aliphatic rings. The van der Waals surface area contributed by atoms with Gasteiger partial charge in [0.05, 0.1) is 17.6 Å². The number of aliphatic imine (C=N–C) groups is 1. The summed E-state index contributed by atoms with van der Waals surface area (Å²) in [6.45, 7) is 8.74. The Hall–Kier alpha value is -3.98. The molecule has 2 heterocycles. The maximum absolute atomic E-state index is 15.7. The summed E-state index contributed by atoms with van der Waals surface area (Å²) in [6, 6.07) is 16.4. The second kappa shape index (κ2) is 15.7. The van der Waals surface area contributed by atoms with Crippen LogP contribution >= 0.6 is 11.8 Å². The molecule has 0 radical (unpaired) electrons. The molecule has 5 rings (SSSR count). The summed E-state index contributed by atoms with van der Waals surface area (Å²) in [6.07, 6.45) is 6.15. The van der Waals surface area contributed by atoms with Gasteiger partial charge in [-0.3, -0.25) is 10.2 Å². The Morgan fingerprint density at radius 1 is 1.06 bits per heavy atom. The van der Waals surface area contributed by atoms with Crippen molar-refractivity contribution in [1.82, 2.24) is 10.3 Å². The molecule has 2 bridgehead atoms. The van der Waals surface area contributed by atoms with Gasteiger partial charge in [0, 0.05) is 37.0 Å². The quantitative estimate of drug-likeness (QED) is 0.183. The van der Waals surface area contributed by atoms with Crippen LogP contribution in [0.25, 0.3) is 10.9 Å². The normalized spacial score (nSPS) is 20.1. The number of nitrogens with zero attached hydrogens (tertiary/aromatic N) is 1. The summed E-state index contributed by atoms with van der Waals surface area (Å²) < 4.78 is 36.4. The molecule has 9 heteroatoms. The number of esters is 1. The number of aromatic nitrogens is 1. The first-order valence-electron chi connectivity index (χ1n) is 17.2. The lowest BCUT2D eigenvalue weighted by Crippen LogP contribution is -2.34. The van der Waals surface area contributed by atoms with Crippen LogP contribution in [0.5, 0.6) is 0 Å². The van der Waals surface area contributed by atoms with E-state index in [1.807, 2.05) is 49.1 Å². The number of hydrogen-bond acceptors (Lipinski definition) is 5. The van der Waals surface area contributed by atoms with E-state index in [1.54, 1.807) is 32.2 Å². The van der Waals surface area contributed by atoms with E-state index in [1.165, 1.54) is 6.07 Å². The zero-order valence-electron chi connectivity index (χ0n) is 29.3. The van der Waals surface area contributed by atoms with Gasteiger partial charge in [0.1, 0.15) is 23.3 Å². The molecule has 260 valence electrons. The van der Waals surface area contributed by atoms with Crippen LogP contribution in [-0.2, 0) is 34.2 Å². The van der Waals surface area contributed by atoms with Crippen molar-refractivity contribution in [3.05, 3.63) is 106 Å². The predicted molar refractivity (Wildman–Crippen MR) is 198 cm³/mol. The molecular formula is C40H48F2N4O2S. The number of rotatable bonds is 5. The van der Waals surface area contributed by atoms with Gasteiger partial charge in [0.25, 0.3) is 0 Å². The van der Waals surface area contributed by atoms with E-state index in [4.69, 9.17) is 9.73 Å². The number of carbonyl (C=O) groups excluding carboxylic acids is 1. The number of amidine groups is 2. The van der Waals surface area contributed by atoms with Crippen LogP contribution in [0.1, 0.15) is 86.8 Å². The number of fused-ring (bicyclic) bond motifs is 5. The molecule has 4 aromatic rings. The highest BCUT2D eigenvalue weighted by Crippen LogP contribution is 2.37. The minimum atomic E-state index is -0.783. The van der Waals surface area contributed by atoms with Crippen LogP contribution in [0.3, 0.4) is 0 Å². The highest BCUT2D eigenvalue weighted by molar-refractivity contribution is 7.99. The van der Waals surface area contributed by atoms with E-state index < -0.39 is 11.2 Å². The van der Waals surface area contributed by atoms with E-state index in [0.717, 1.165) is 63.9 Å². The molecule has 3 N–H and O–H groups in total. The van der Waals surface area contributed by atoms with E-state index >= 15 is 8.78 Å². The van der Waals surface area contributed by atoms with Crippen molar-refractivity contribution < 1.29 is 18.3 Å². The number of hydrogen-bond donors (Lipinski definition) is 3. The van der Waals surface area contributed by atoms with Crippen LogP contribution in [0.2, 0.25) is 0 Å². The Balaban J connectivity index is 1.57. The number of aromatic amines is 1. The van der Waals surface area contributed by atoms with Gasteiger partial charge < -0.3 is 15.0 Å². The zero-order chi connectivity index (χ0) is 35.2. The van der Waals surface area contributed by atoms with Crippen molar-refractivity contribution in [3.8, 4) is 0 Å². The first-order chi connectivity index (χ1) is 23.4. The van der Waals surface area contributed by atoms with Crippen molar-refractivity contribution in [3.63, 3.8) is 0 Å². The molecule has 6 nitrogen and oxygen atoms in total. The van der Waals surface area contributed by atoms with Crippen molar-refractivity contribution >= 4 is 40.3 Å². The summed E-state index contributed by atoms with van der Waals surface area (Å²) >= 11 is 1.89. The topological polar surface area (TPSA) is 90.3 Å². The third kappa shape index (κ3) is 8.61. The number of carbonyl (C=O) groups is 1. The Morgan fingerprint density at radius 2 is 1.88 bits per heavy atom. The highest BCUT2D eigenvalue weighted by Gasteiger charge is 2.34. The third-order valence-electron chi connectivity index (χ3n) is 9.68. The van der Waals surface area contributed by atoms with E-state index in [0.29, 0.717) is 31.4 Å². The average Bonchev–Trinajstić information content (AvgIpc) is 3.54. The number of aryl methyl sites for hydroxylation is 2. The van der Waals surface area contributed by atoms with Crippen LogP contribution in [-0.4, -0.2) is 47.8 Å². The van der Waals surface area contributed by atoms with Gasteiger partial charge in [-0.15, -0.1) is 0 Å². The average molecular weight is 687 g/mol. The summed E-state index contributed by atoms with van der Waals surface area (Å²) in [4.78, 5) is 20.0. The Labute approximate surface area is 293 Å². The van der Waals surface area contributed by atoms with E-state index in [9.17, 15) is 10.2 Å². The summed E-state index contributed by atoms with van der Waals surface area (Å²) in [7, 11) is 1.68. The maximum Gasteiger partial charge on any atom is 0.306 e. The monoisotopic (exact) mass is 686 g/mol. The van der Waals surface area contributed by atoms with Crippen LogP contribution in [0, 0.1) is 22.5 Å². The minimum Gasteiger partial charge on any atom is -0.466 e. The lowest BCUT2D eigenvalue weighted by Gasteiger charge is -2.32. The molecule has 49 heavy (non-hydrogen) atoms. The predicted octanol–water partition coefficient (Wildman–Crippen LogP) is 8.92. The number of ether oxygens (including phenoxy) is 1. The second-order valence-corrected chi connectivity index (χ2v) is 15.1. The maximum atomic E-state index is 15.7. The van der Waals surface area contributed by atoms with Gasteiger partial charge in [-0.05, 0) is 109 Å². The number of thioether (sulfide) groups is 1. The molecule has 1 aliphatic heterocycles. The first kappa shape index (κ1) is 36.3. The Morgan fingerprint density at radius 3 is 2.65 bits per heavy atom. The Kier molecular flexibility index (Phi) is 11.6. The number of halogens is 2. The smallest absolute Gasteiger partial charge is 0.306 e. The third-order valence-corrected chi connectivity index (χ3v) is 11.2. The first-order valence-corrected chi connectivity index (χ1v) is 18.3. The molecule has 1 atom stereocenters. The number of nitrogens with one attached hydrogen (secondary N) is 3. The number of benzene rings is 3. The SMILES string of the molecule is CCOC(=O)CCc1cccc(C2(C)CCCC(C)(C)CSCCc3c(c(F)cc4[nH]ccc34)Cc3ccc(F)c(c3)/C(NC)=N/C2=N)c1. The molecule has 1 aromatic heterocycles. The largest absolute Gasteiger partial charge is 0.466 e. The summed E-state index contributed by atoms with van der Waals surface area (Å²) in [5.41, 5.74) is 4.54. The minimum absolute atomic E-state index is 0.0365. The van der Waals surface area contributed by atoms with Crippen molar-refractivity contribution in [1.29, 1.82) is 5.41 Å². The fourth-order valence-electron chi connectivity index (χ4n) is 6.78. The molecule has 0 saturated heterocycles. The molecule has 0 amide bonds. The van der Waals surface area contributed by atoms with Crippen LogP contribution in [0.4, 0.5) is 8.78 Å². The Bertz CT molecular complexity index is 1850. The summed E-state index contributed by atoms with van der Waals surface area (Å²) in [5.74, 6) is 1.18. The van der Waals surface area contributed by atoms with Crippen molar-refractivity contribution in [2.75, 3.05) is 25.2 Å². The fraction of sp³-hybridized carbons (Fsp3) is 0.425. The van der Waals surface area contributed by atoms with Gasteiger partial charge in [0.2, 0.25) is 0 Å². The highest BCUT2D eigenvalue weighted by atomic mass is 32.2. The van der Waals surface area contributed by atoms with E-state index in [-0.39, 0.29) is 40.9 Å². The molecule has 3 aromatic carbocycles. The van der Waals surface area contributed by atoms with Gasteiger partial charge >= 0.3 is 5.97 Å². The fourth-order valence-corrected chi connectivity index (χ4v) is 7.97. The van der Waals surface area contributed by atoms with Gasteiger partial charge in [-0.2, -0.15) is 11.8 Å². The second-order valence-electron chi connectivity index (χ2n) is 14.0. The van der Waals surface area contributed by atoms with Gasteiger partial charge in [-0.25, -0.2) is 13.8 Å². The van der Waals surface area contributed by atoms with E-state index in [2.05, 4.69) is 30.2 Å². The molecule has 0 spiro atoms. The molecule has 0 fully saturated rings. The lowest BCUT2D eigenvalue weighted by atomic mass is 9.75. The van der Waals surface area contributed by atoms with Crippen molar-refractivity contribution in [2.45, 2.75) is 78.1 Å². The molecule has 0 aliphatic carbocycles. The molecule has 0 saturated carbocycles. The van der Waals surface area contributed by atoms with Crippen LogP contribution in [0.15, 0.2) is 65.8 Å². The van der Waals surface area contributed by atoms with Gasteiger partial charge in [-0.1, -0.05) is 50.6 Å². The number of H-pyrrole nitrogens is 1. The standard InChI is InChI=1S/C40H48F2N4O2S/c1-6-48-36(47)14-12-26-9-7-10-28(21-26)40(4)18-8-17-39(2,3)25-49-20-16-29-30-15-19-45-35(30)24-34(42)31(29)22-27-11-13-33(41)32(23-27)37(44-5)46-38(40)43/h7,9-11,13,15,19,21,23-24,45H,6,8,12,14,16-18,20,22,25H2,1-5H3,(H2,43,44,46). The molecular weight excluding hydrogens is 639 g/mol.